The summed E-state index contributed by atoms with van der Waals surface area (Å²) in [5, 5.41) is 0. The lowest BCUT2D eigenvalue weighted by molar-refractivity contribution is -0.151. The minimum atomic E-state index is -0.845. The summed E-state index contributed by atoms with van der Waals surface area (Å²) < 4.78 is 11.6. The first kappa shape index (κ1) is 14.3. The zero-order chi connectivity index (χ0) is 13.7. The summed E-state index contributed by atoms with van der Waals surface area (Å²) in [7, 11) is 3.09. The minimum absolute atomic E-state index is 0.234. The fourth-order valence-electron chi connectivity index (χ4n) is 1.57. The van der Waals surface area contributed by atoms with E-state index < -0.39 is 18.0 Å². The second-order valence-corrected chi connectivity index (χ2v) is 4.61. The predicted molar refractivity (Wildman–Crippen MR) is 66.1 cm³/mol. The van der Waals surface area contributed by atoms with Gasteiger partial charge in [0.2, 0.25) is 0 Å². The number of methoxy groups -OCH3 is 1. The predicted octanol–water partition coefficient (Wildman–Crippen LogP) is 1.77. The molecule has 0 aliphatic carbocycles. The maximum atomic E-state index is 11.8. The van der Waals surface area contributed by atoms with Crippen LogP contribution in [0.25, 0.3) is 0 Å². The molecule has 0 bridgehead atoms. The summed E-state index contributed by atoms with van der Waals surface area (Å²) in [6, 6.07) is 1.64. The van der Waals surface area contributed by atoms with E-state index in [2.05, 4.69) is 4.74 Å². The Kier molecular flexibility index (Phi) is 4.95. The molecule has 0 N–H and O–H groups in total. The number of rotatable bonds is 5. The third kappa shape index (κ3) is 3.91. The van der Waals surface area contributed by atoms with E-state index in [1.54, 1.807) is 23.0 Å². The number of hydrogen-bond donors (Lipinski definition) is 0. The van der Waals surface area contributed by atoms with Crippen molar-refractivity contribution >= 4 is 11.9 Å². The van der Waals surface area contributed by atoms with Gasteiger partial charge in [0.15, 0.2) is 6.10 Å². The van der Waals surface area contributed by atoms with Crippen LogP contribution in [0.1, 0.15) is 30.6 Å². The highest BCUT2D eigenvalue weighted by Crippen LogP contribution is 2.13. The topological polar surface area (TPSA) is 57.5 Å². The standard InChI is InChI=1S/C13H19NO4/c1-9(2)7-11(13(16)17-4)18-12(15)10-5-6-14(3)8-10/h5-6,8-9,11H,7H2,1-4H3/t11-/m1/s1. The van der Waals surface area contributed by atoms with E-state index in [9.17, 15) is 9.59 Å². The number of aryl methyl sites for hydroxylation is 1. The quantitative estimate of drug-likeness (QED) is 0.750. The Morgan fingerprint density at radius 1 is 1.39 bits per heavy atom. The van der Waals surface area contributed by atoms with Gasteiger partial charge in [-0.2, -0.15) is 0 Å². The number of ether oxygens (including phenoxy) is 2. The molecular weight excluding hydrogens is 234 g/mol. The Hall–Kier alpha value is -1.78. The molecule has 1 aromatic heterocycles. The van der Waals surface area contributed by atoms with Crippen molar-refractivity contribution in [3.8, 4) is 0 Å². The number of nitrogens with zero attached hydrogens (tertiary/aromatic N) is 1. The number of hydrogen-bond acceptors (Lipinski definition) is 4. The number of carbonyl (C=O) groups is 2. The lowest BCUT2D eigenvalue weighted by Crippen LogP contribution is -2.29. The lowest BCUT2D eigenvalue weighted by Gasteiger charge is -2.17. The normalized spacial score (nSPS) is 12.3. The van der Waals surface area contributed by atoms with E-state index in [0.717, 1.165) is 0 Å². The summed E-state index contributed by atoms with van der Waals surface area (Å²) in [5.74, 6) is -0.794. The van der Waals surface area contributed by atoms with E-state index in [-0.39, 0.29) is 5.92 Å². The summed E-state index contributed by atoms with van der Waals surface area (Å²) >= 11 is 0. The first-order chi connectivity index (χ1) is 8.43. The van der Waals surface area contributed by atoms with Gasteiger partial charge in [0.25, 0.3) is 0 Å². The Bertz CT molecular complexity index is 422. The highest BCUT2D eigenvalue weighted by Gasteiger charge is 2.25. The van der Waals surface area contributed by atoms with E-state index in [1.165, 1.54) is 7.11 Å². The fourth-order valence-corrected chi connectivity index (χ4v) is 1.57. The SMILES string of the molecule is COC(=O)[C@@H](CC(C)C)OC(=O)c1ccn(C)c1. The molecule has 1 heterocycles. The first-order valence-electron chi connectivity index (χ1n) is 5.84. The number of aromatic nitrogens is 1. The minimum Gasteiger partial charge on any atom is -0.466 e. The summed E-state index contributed by atoms with van der Waals surface area (Å²) in [4.78, 5) is 23.3. The molecule has 0 saturated carbocycles. The third-order valence-electron chi connectivity index (χ3n) is 2.47. The molecule has 0 radical (unpaired) electrons. The smallest absolute Gasteiger partial charge is 0.347 e. The van der Waals surface area contributed by atoms with Crippen molar-refractivity contribution in [2.24, 2.45) is 13.0 Å². The van der Waals surface area contributed by atoms with Crippen LogP contribution in [-0.4, -0.2) is 29.7 Å². The molecule has 1 atom stereocenters. The third-order valence-corrected chi connectivity index (χ3v) is 2.47. The maximum Gasteiger partial charge on any atom is 0.347 e. The molecule has 100 valence electrons. The maximum absolute atomic E-state index is 11.8. The molecular formula is C13H19NO4. The van der Waals surface area contributed by atoms with Crippen molar-refractivity contribution in [3.63, 3.8) is 0 Å². The van der Waals surface area contributed by atoms with Gasteiger partial charge in [0.05, 0.1) is 12.7 Å². The molecule has 5 nitrogen and oxygen atoms in total. The van der Waals surface area contributed by atoms with Crippen LogP contribution in [0.2, 0.25) is 0 Å². The number of carbonyl (C=O) groups excluding carboxylic acids is 2. The highest BCUT2D eigenvalue weighted by molar-refractivity contribution is 5.91. The molecule has 0 aliphatic heterocycles. The van der Waals surface area contributed by atoms with Gasteiger partial charge in [-0.3, -0.25) is 0 Å². The molecule has 0 aromatic carbocycles. The second kappa shape index (κ2) is 6.23. The van der Waals surface area contributed by atoms with Crippen LogP contribution in [0.4, 0.5) is 0 Å². The van der Waals surface area contributed by atoms with E-state index in [0.29, 0.717) is 12.0 Å². The van der Waals surface area contributed by atoms with Crippen molar-refractivity contribution < 1.29 is 19.1 Å². The van der Waals surface area contributed by atoms with Crippen molar-refractivity contribution in [2.45, 2.75) is 26.4 Å². The largest absolute Gasteiger partial charge is 0.466 e. The van der Waals surface area contributed by atoms with Gasteiger partial charge in [0, 0.05) is 19.4 Å². The van der Waals surface area contributed by atoms with Crippen LogP contribution in [0, 0.1) is 5.92 Å². The molecule has 18 heavy (non-hydrogen) atoms. The van der Waals surface area contributed by atoms with Gasteiger partial charge in [-0.05, 0) is 18.4 Å². The molecule has 0 saturated heterocycles. The van der Waals surface area contributed by atoms with Gasteiger partial charge in [-0.25, -0.2) is 9.59 Å². The molecule has 0 amide bonds. The Morgan fingerprint density at radius 3 is 2.50 bits per heavy atom. The average Bonchev–Trinajstić information content (AvgIpc) is 2.73. The van der Waals surface area contributed by atoms with E-state index >= 15 is 0 Å². The Balaban J connectivity index is 2.71. The van der Waals surface area contributed by atoms with Gasteiger partial charge in [-0.1, -0.05) is 13.8 Å². The number of esters is 2. The van der Waals surface area contributed by atoms with Crippen LogP contribution in [0.5, 0.6) is 0 Å². The van der Waals surface area contributed by atoms with Crippen molar-refractivity contribution in [1.29, 1.82) is 0 Å². The van der Waals surface area contributed by atoms with Crippen LogP contribution < -0.4 is 0 Å². The van der Waals surface area contributed by atoms with Crippen LogP contribution in [0.3, 0.4) is 0 Å². The monoisotopic (exact) mass is 253 g/mol. The lowest BCUT2D eigenvalue weighted by atomic mass is 10.1. The molecule has 0 unspecified atom stereocenters. The van der Waals surface area contributed by atoms with Crippen molar-refractivity contribution in [1.82, 2.24) is 4.57 Å². The van der Waals surface area contributed by atoms with Crippen LogP contribution in [0.15, 0.2) is 18.5 Å². The molecule has 0 spiro atoms. The summed E-state index contributed by atoms with van der Waals surface area (Å²) in [6.07, 6.45) is 2.99. The van der Waals surface area contributed by atoms with Gasteiger partial charge in [-0.15, -0.1) is 0 Å². The Labute approximate surface area is 107 Å². The van der Waals surface area contributed by atoms with Gasteiger partial charge < -0.3 is 14.0 Å². The van der Waals surface area contributed by atoms with Crippen molar-refractivity contribution in [3.05, 3.63) is 24.0 Å². The average molecular weight is 253 g/mol. The zero-order valence-corrected chi connectivity index (χ0v) is 11.2. The summed E-state index contributed by atoms with van der Waals surface area (Å²) in [6.45, 7) is 3.90. The van der Waals surface area contributed by atoms with Gasteiger partial charge in [0.1, 0.15) is 0 Å². The van der Waals surface area contributed by atoms with Crippen LogP contribution in [-0.2, 0) is 21.3 Å². The first-order valence-corrected chi connectivity index (χ1v) is 5.84. The summed E-state index contributed by atoms with van der Waals surface area (Å²) in [5.41, 5.74) is 0.426. The molecule has 5 heteroatoms. The second-order valence-electron chi connectivity index (χ2n) is 4.61. The van der Waals surface area contributed by atoms with E-state index in [4.69, 9.17) is 4.74 Å². The van der Waals surface area contributed by atoms with E-state index in [1.807, 2.05) is 20.9 Å². The van der Waals surface area contributed by atoms with Crippen molar-refractivity contribution in [2.75, 3.05) is 7.11 Å². The molecule has 0 aliphatic rings. The zero-order valence-electron chi connectivity index (χ0n) is 11.2. The molecule has 0 fully saturated rings. The van der Waals surface area contributed by atoms with Crippen LogP contribution >= 0.6 is 0 Å². The molecule has 1 rings (SSSR count). The van der Waals surface area contributed by atoms with Gasteiger partial charge >= 0.3 is 11.9 Å². The Morgan fingerprint density at radius 2 is 2.06 bits per heavy atom. The fraction of sp³-hybridized carbons (Fsp3) is 0.538. The highest BCUT2D eigenvalue weighted by atomic mass is 16.6. The molecule has 1 aromatic rings.